The fourth-order valence-electron chi connectivity index (χ4n) is 1.07. The summed E-state index contributed by atoms with van der Waals surface area (Å²) >= 11 is 5.95. The molecule has 2 nitrogen and oxygen atoms in total. The summed E-state index contributed by atoms with van der Waals surface area (Å²) in [6.45, 7) is 6.96. The van der Waals surface area contributed by atoms with E-state index >= 15 is 0 Å². The first-order valence-electron chi connectivity index (χ1n) is 4.93. The van der Waals surface area contributed by atoms with Gasteiger partial charge in [0.15, 0.2) is 0 Å². The van der Waals surface area contributed by atoms with Gasteiger partial charge in [0.25, 0.3) is 0 Å². The highest BCUT2D eigenvalue weighted by Gasteiger charge is 2.06. The molecular weight excluding hydrogens is 198 g/mol. The van der Waals surface area contributed by atoms with Crippen LogP contribution < -0.4 is 4.74 Å². The molecule has 0 aliphatic rings. The molecule has 0 aromatic carbocycles. The second-order valence-electron chi connectivity index (χ2n) is 3.54. The Labute approximate surface area is 90.3 Å². The molecule has 0 atom stereocenters. The third kappa shape index (κ3) is 2.88. The van der Waals surface area contributed by atoms with Crippen LogP contribution in [0.2, 0.25) is 5.02 Å². The Bertz CT molecular complexity index is 299. The number of hydrogen-bond donors (Lipinski definition) is 0. The zero-order valence-electron chi connectivity index (χ0n) is 8.88. The first kappa shape index (κ1) is 11.3. The van der Waals surface area contributed by atoms with Crippen molar-refractivity contribution in [3.63, 3.8) is 0 Å². The lowest BCUT2D eigenvalue weighted by Crippen LogP contribution is -1.99. The summed E-state index contributed by atoms with van der Waals surface area (Å²) in [4.78, 5) is 4.23. The van der Waals surface area contributed by atoms with Crippen LogP contribution in [0.3, 0.4) is 0 Å². The van der Waals surface area contributed by atoms with Crippen LogP contribution in [0, 0.1) is 0 Å². The number of rotatable bonds is 4. The SMILES string of the molecule is CCCOc1cc(C(C)C)ncc1Cl. The normalized spacial score (nSPS) is 10.6. The van der Waals surface area contributed by atoms with E-state index in [4.69, 9.17) is 16.3 Å². The predicted molar refractivity (Wildman–Crippen MR) is 59.1 cm³/mol. The standard InChI is InChI=1S/C11H16ClNO/c1-4-5-14-11-6-10(8(2)3)13-7-9(11)12/h6-8H,4-5H2,1-3H3. The van der Waals surface area contributed by atoms with Crippen molar-refractivity contribution in [3.05, 3.63) is 23.0 Å². The Kier molecular flexibility index (Phi) is 4.21. The summed E-state index contributed by atoms with van der Waals surface area (Å²) in [6, 6.07) is 1.92. The fourth-order valence-corrected chi connectivity index (χ4v) is 1.23. The van der Waals surface area contributed by atoms with Crippen LogP contribution in [0.5, 0.6) is 5.75 Å². The molecule has 1 aromatic rings. The predicted octanol–water partition coefficient (Wildman–Crippen LogP) is 3.65. The molecule has 78 valence electrons. The largest absolute Gasteiger partial charge is 0.492 e. The smallest absolute Gasteiger partial charge is 0.141 e. The number of pyridine rings is 1. The highest BCUT2D eigenvalue weighted by atomic mass is 35.5. The maximum absolute atomic E-state index is 5.95. The molecular formula is C11H16ClNO. The van der Waals surface area contributed by atoms with Crippen LogP contribution in [0.1, 0.15) is 38.8 Å². The Balaban J connectivity index is 2.85. The number of aromatic nitrogens is 1. The number of nitrogens with zero attached hydrogens (tertiary/aromatic N) is 1. The van der Waals surface area contributed by atoms with Gasteiger partial charge >= 0.3 is 0 Å². The summed E-state index contributed by atoms with van der Waals surface area (Å²) in [7, 11) is 0. The van der Waals surface area contributed by atoms with Gasteiger partial charge in [-0.15, -0.1) is 0 Å². The molecule has 0 fully saturated rings. The third-order valence-corrected chi connectivity index (χ3v) is 2.18. The van der Waals surface area contributed by atoms with E-state index < -0.39 is 0 Å². The van der Waals surface area contributed by atoms with E-state index in [1.807, 2.05) is 6.07 Å². The first-order valence-corrected chi connectivity index (χ1v) is 5.31. The minimum atomic E-state index is 0.399. The fraction of sp³-hybridized carbons (Fsp3) is 0.545. The molecule has 0 unspecified atom stereocenters. The molecule has 0 aliphatic heterocycles. The van der Waals surface area contributed by atoms with Gasteiger partial charge in [0.1, 0.15) is 10.8 Å². The van der Waals surface area contributed by atoms with E-state index in [9.17, 15) is 0 Å². The summed E-state index contributed by atoms with van der Waals surface area (Å²) in [5.74, 6) is 1.14. The van der Waals surface area contributed by atoms with Gasteiger partial charge in [-0.05, 0) is 12.3 Å². The van der Waals surface area contributed by atoms with Gasteiger partial charge in [-0.3, -0.25) is 4.98 Å². The Hall–Kier alpha value is -0.760. The Morgan fingerprint density at radius 2 is 2.21 bits per heavy atom. The van der Waals surface area contributed by atoms with E-state index in [0.29, 0.717) is 17.5 Å². The lowest BCUT2D eigenvalue weighted by atomic mass is 10.1. The average molecular weight is 214 g/mol. The van der Waals surface area contributed by atoms with Crippen molar-refractivity contribution in [2.75, 3.05) is 6.61 Å². The van der Waals surface area contributed by atoms with Gasteiger partial charge in [0.05, 0.1) is 6.61 Å². The first-order chi connectivity index (χ1) is 6.65. The second-order valence-corrected chi connectivity index (χ2v) is 3.95. The second kappa shape index (κ2) is 5.20. The van der Waals surface area contributed by atoms with E-state index in [-0.39, 0.29) is 0 Å². The van der Waals surface area contributed by atoms with E-state index in [0.717, 1.165) is 17.9 Å². The van der Waals surface area contributed by atoms with Crippen molar-refractivity contribution >= 4 is 11.6 Å². The quantitative estimate of drug-likeness (QED) is 0.762. The molecule has 0 aliphatic carbocycles. The zero-order chi connectivity index (χ0) is 10.6. The molecule has 1 rings (SSSR count). The molecule has 0 amide bonds. The summed E-state index contributed by atoms with van der Waals surface area (Å²) in [6.07, 6.45) is 2.64. The van der Waals surface area contributed by atoms with Gasteiger partial charge in [0, 0.05) is 18.0 Å². The Morgan fingerprint density at radius 1 is 1.50 bits per heavy atom. The van der Waals surface area contributed by atoms with Crippen molar-refractivity contribution in [2.24, 2.45) is 0 Å². The molecule has 0 saturated carbocycles. The van der Waals surface area contributed by atoms with E-state index in [2.05, 4.69) is 25.8 Å². The lowest BCUT2D eigenvalue weighted by molar-refractivity contribution is 0.316. The minimum Gasteiger partial charge on any atom is -0.492 e. The number of ether oxygens (including phenoxy) is 1. The van der Waals surface area contributed by atoms with Crippen LogP contribution in [0.4, 0.5) is 0 Å². The topological polar surface area (TPSA) is 22.1 Å². The number of hydrogen-bond acceptors (Lipinski definition) is 2. The third-order valence-electron chi connectivity index (χ3n) is 1.89. The summed E-state index contributed by atoms with van der Waals surface area (Å²) in [5.41, 5.74) is 1.01. The molecule has 1 heterocycles. The molecule has 0 N–H and O–H groups in total. The van der Waals surface area contributed by atoms with Gasteiger partial charge in [-0.2, -0.15) is 0 Å². The van der Waals surface area contributed by atoms with Gasteiger partial charge in [-0.25, -0.2) is 0 Å². The van der Waals surface area contributed by atoms with Crippen LogP contribution in [0.15, 0.2) is 12.3 Å². The molecule has 3 heteroatoms. The molecule has 14 heavy (non-hydrogen) atoms. The highest BCUT2D eigenvalue weighted by molar-refractivity contribution is 6.31. The maximum Gasteiger partial charge on any atom is 0.141 e. The lowest BCUT2D eigenvalue weighted by Gasteiger charge is -2.10. The van der Waals surface area contributed by atoms with Gasteiger partial charge < -0.3 is 4.74 Å². The van der Waals surface area contributed by atoms with Crippen LogP contribution in [-0.2, 0) is 0 Å². The van der Waals surface area contributed by atoms with Crippen molar-refractivity contribution in [1.82, 2.24) is 4.98 Å². The van der Waals surface area contributed by atoms with Crippen molar-refractivity contribution in [3.8, 4) is 5.75 Å². The van der Waals surface area contributed by atoms with E-state index in [1.54, 1.807) is 6.20 Å². The minimum absolute atomic E-state index is 0.399. The summed E-state index contributed by atoms with van der Waals surface area (Å²) < 4.78 is 5.50. The van der Waals surface area contributed by atoms with Crippen LogP contribution in [-0.4, -0.2) is 11.6 Å². The molecule has 0 spiro atoms. The van der Waals surface area contributed by atoms with E-state index in [1.165, 1.54) is 0 Å². The summed E-state index contributed by atoms with van der Waals surface area (Å²) in [5, 5.41) is 0.586. The van der Waals surface area contributed by atoms with Crippen molar-refractivity contribution in [2.45, 2.75) is 33.1 Å². The maximum atomic E-state index is 5.95. The molecule has 0 radical (unpaired) electrons. The van der Waals surface area contributed by atoms with Crippen LogP contribution >= 0.6 is 11.6 Å². The van der Waals surface area contributed by atoms with Gasteiger partial charge in [-0.1, -0.05) is 32.4 Å². The zero-order valence-corrected chi connectivity index (χ0v) is 9.64. The monoisotopic (exact) mass is 213 g/mol. The molecule has 0 bridgehead atoms. The molecule has 0 saturated heterocycles. The van der Waals surface area contributed by atoms with Crippen molar-refractivity contribution < 1.29 is 4.74 Å². The number of halogens is 1. The molecule has 1 aromatic heterocycles. The van der Waals surface area contributed by atoms with Gasteiger partial charge in [0.2, 0.25) is 0 Å². The Morgan fingerprint density at radius 3 is 2.79 bits per heavy atom. The van der Waals surface area contributed by atoms with Crippen molar-refractivity contribution in [1.29, 1.82) is 0 Å². The highest BCUT2D eigenvalue weighted by Crippen LogP contribution is 2.26. The average Bonchev–Trinajstić information content (AvgIpc) is 2.16. The van der Waals surface area contributed by atoms with Crippen LogP contribution in [0.25, 0.3) is 0 Å².